The minimum atomic E-state index is -0.501. The van der Waals surface area contributed by atoms with E-state index < -0.39 is 5.60 Å². The van der Waals surface area contributed by atoms with Crippen molar-refractivity contribution in [2.75, 3.05) is 5.75 Å². The second-order valence-corrected chi connectivity index (χ2v) is 6.31. The van der Waals surface area contributed by atoms with E-state index in [2.05, 4.69) is 11.8 Å². The van der Waals surface area contributed by atoms with Gasteiger partial charge in [0.1, 0.15) is 5.60 Å². The van der Waals surface area contributed by atoms with E-state index in [1.807, 2.05) is 20.8 Å². The number of benzene rings is 1. The zero-order chi connectivity index (χ0) is 15.2. The number of esters is 1. The SMILES string of the molecule is CC(=O)SCC#Cc1ccc(C(=O)OC(C)(C)C)cc1. The third-order valence-electron chi connectivity index (χ3n) is 2.10. The fourth-order valence-electron chi connectivity index (χ4n) is 1.30. The zero-order valence-corrected chi connectivity index (χ0v) is 13.0. The van der Waals surface area contributed by atoms with Gasteiger partial charge in [0.2, 0.25) is 0 Å². The number of ether oxygens (including phenoxy) is 1. The predicted octanol–water partition coefficient (Wildman–Crippen LogP) is 3.27. The fraction of sp³-hybridized carbons (Fsp3) is 0.375. The molecular formula is C16H18O3S. The summed E-state index contributed by atoms with van der Waals surface area (Å²) in [6.45, 7) is 7.01. The lowest BCUT2D eigenvalue weighted by Gasteiger charge is -2.19. The second kappa shape index (κ2) is 7.16. The van der Waals surface area contributed by atoms with Gasteiger partial charge in [-0.3, -0.25) is 4.79 Å². The first-order chi connectivity index (χ1) is 9.28. The Balaban J connectivity index is 2.64. The van der Waals surface area contributed by atoms with Gasteiger partial charge in [0, 0.05) is 12.5 Å². The van der Waals surface area contributed by atoms with Crippen LogP contribution in [0, 0.1) is 11.8 Å². The van der Waals surface area contributed by atoms with E-state index in [-0.39, 0.29) is 11.1 Å². The van der Waals surface area contributed by atoms with Crippen LogP contribution >= 0.6 is 11.8 Å². The van der Waals surface area contributed by atoms with E-state index >= 15 is 0 Å². The Hall–Kier alpha value is -1.73. The summed E-state index contributed by atoms with van der Waals surface area (Å²) in [5, 5.41) is 0.0552. The third kappa shape index (κ3) is 6.44. The van der Waals surface area contributed by atoms with Gasteiger partial charge >= 0.3 is 5.97 Å². The first-order valence-electron chi connectivity index (χ1n) is 6.23. The summed E-state index contributed by atoms with van der Waals surface area (Å²) in [5.74, 6) is 5.97. The highest BCUT2D eigenvalue weighted by Crippen LogP contribution is 2.12. The van der Waals surface area contributed by atoms with Crippen molar-refractivity contribution in [2.45, 2.75) is 33.3 Å². The van der Waals surface area contributed by atoms with Crippen molar-refractivity contribution in [3.05, 3.63) is 35.4 Å². The molecule has 0 aliphatic rings. The highest BCUT2D eigenvalue weighted by Gasteiger charge is 2.17. The standard InChI is InChI=1S/C16H18O3S/c1-12(17)20-11-5-6-13-7-9-14(10-8-13)15(18)19-16(2,3)4/h7-10H,11H2,1-4H3. The molecule has 0 saturated carbocycles. The molecule has 0 amide bonds. The van der Waals surface area contributed by atoms with Crippen molar-refractivity contribution >= 4 is 22.8 Å². The lowest BCUT2D eigenvalue weighted by atomic mass is 10.1. The largest absolute Gasteiger partial charge is 0.456 e. The Morgan fingerprint density at radius 3 is 2.30 bits per heavy atom. The minimum Gasteiger partial charge on any atom is -0.456 e. The Morgan fingerprint density at radius 2 is 1.80 bits per heavy atom. The van der Waals surface area contributed by atoms with E-state index in [4.69, 9.17) is 4.74 Å². The van der Waals surface area contributed by atoms with Gasteiger partial charge in [0.05, 0.1) is 11.3 Å². The molecule has 0 aliphatic carbocycles. The molecule has 0 aromatic heterocycles. The van der Waals surface area contributed by atoms with Crippen LogP contribution in [0.4, 0.5) is 0 Å². The maximum Gasteiger partial charge on any atom is 0.338 e. The molecule has 0 saturated heterocycles. The Bertz CT molecular complexity index is 542. The van der Waals surface area contributed by atoms with Gasteiger partial charge in [-0.05, 0) is 45.0 Å². The number of rotatable bonds is 2. The van der Waals surface area contributed by atoms with Crippen LogP contribution in [-0.4, -0.2) is 22.4 Å². The molecule has 0 unspecified atom stereocenters. The van der Waals surface area contributed by atoms with Gasteiger partial charge < -0.3 is 4.74 Å². The van der Waals surface area contributed by atoms with Crippen LogP contribution in [0.2, 0.25) is 0 Å². The van der Waals surface area contributed by atoms with Crippen molar-refractivity contribution in [3.63, 3.8) is 0 Å². The van der Waals surface area contributed by atoms with Gasteiger partial charge in [-0.15, -0.1) is 0 Å². The summed E-state index contributed by atoms with van der Waals surface area (Å²) in [5.41, 5.74) is 0.810. The second-order valence-electron chi connectivity index (χ2n) is 5.16. The number of carbonyl (C=O) groups is 2. The average Bonchev–Trinajstić information content (AvgIpc) is 2.33. The summed E-state index contributed by atoms with van der Waals surface area (Å²) in [6.07, 6.45) is 0. The lowest BCUT2D eigenvalue weighted by Crippen LogP contribution is -2.23. The van der Waals surface area contributed by atoms with E-state index in [9.17, 15) is 9.59 Å². The highest BCUT2D eigenvalue weighted by molar-refractivity contribution is 8.13. The normalized spacial score (nSPS) is 10.4. The van der Waals surface area contributed by atoms with Crippen molar-refractivity contribution < 1.29 is 14.3 Å². The van der Waals surface area contributed by atoms with Crippen LogP contribution in [0.3, 0.4) is 0 Å². The summed E-state index contributed by atoms with van der Waals surface area (Å²) >= 11 is 1.18. The van der Waals surface area contributed by atoms with Crippen LogP contribution in [0.15, 0.2) is 24.3 Å². The van der Waals surface area contributed by atoms with Crippen molar-refractivity contribution in [2.24, 2.45) is 0 Å². The number of thioether (sulfide) groups is 1. The van der Waals surface area contributed by atoms with Gasteiger partial charge in [-0.25, -0.2) is 4.79 Å². The van der Waals surface area contributed by atoms with E-state index in [0.29, 0.717) is 11.3 Å². The molecule has 0 radical (unpaired) electrons. The molecule has 4 heteroatoms. The molecule has 3 nitrogen and oxygen atoms in total. The molecule has 106 valence electrons. The summed E-state index contributed by atoms with van der Waals surface area (Å²) in [6, 6.07) is 6.92. The summed E-state index contributed by atoms with van der Waals surface area (Å²) < 4.78 is 5.27. The minimum absolute atomic E-state index is 0.0552. The van der Waals surface area contributed by atoms with Crippen molar-refractivity contribution in [3.8, 4) is 11.8 Å². The van der Waals surface area contributed by atoms with Gasteiger partial charge in [-0.2, -0.15) is 0 Å². The van der Waals surface area contributed by atoms with Gasteiger partial charge in [0.15, 0.2) is 5.12 Å². The zero-order valence-electron chi connectivity index (χ0n) is 12.1. The van der Waals surface area contributed by atoms with E-state index in [1.54, 1.807) is 24.3 Å². The average molecular weight is 290 g/mol. The Labute approximate surface area is 124 Å². The molecule has 0 spiro atoms. The fourth-order valence-corrected chi connectivity index (χ4v) is 1.65. The third-order valence-corrected chi connectivity index (χ3v) is 2.80. The molecule has 0 bridgehead atoms. The molecule has 0 N–H and O–H groups in total. The van der Waals surface area contributed by atoms with Gasteiger partial charge in [0.25, 0.3) is 0 Å². The molecule has 1 aromatic carbocycles. The Kier molecular flexibility index (Phi) is 5.84. The molecule has 0 atom stereocenters. The quantitative estimate of drug-likeness (QED) is 0.619. The monoisotopic (exact) mass is 290 g/mol. The van der Waals surface area contributed by atoms with Crippen LogP contribution in [0.1, 0.15) is 43.6 Å². The van der Waals surface area contributed by atoms with Gasteiger partial charge in [-0.1, -0.05) is 23.6 Å². The first kappa shape index (κ1) is 16.3. The highest BCUT2D eigenvalue weighted by atomic mass is 32.2. The van der Waals surface area contributed by atoms with Crippen LogP contribution in [0.5, 0.6) is 0 Å². The maximum absolute atomic E-state index is 11.8. The molecule has 0 fully saturated rings. The number of carbonyl (C=O) groups excluding carboxylic acids is 2. The molecule has 1 aromatic rings. The van der Waals surface area contributed by atoms with E-state index in [1.165, 1.54) is 18.7 Å². The Morgan fingerprint density at radius 1 is 1.20 bits per heavy atom. The molecule has 20 heavy (non-hydrogen) atoms. The van der Waals surface area contributed by atoms with E-state index in [0.717, 1.165) is 5.56 Å². The van der Waals surface area contributed by atoms with Crippen LogP contribution in [-0.2, 0) is 9.53 Å². The van der Waals surface area contributed by atoms with Crippen molar-refractivity contribution in [1.29, 1.82) is 0 Å². The molecular weight excluding hydrogens is 272 g/mol. The molecule has 1 rings (SSSR count). The smallest absolute Gasteiger partial charge is 0.338 e. The topological polar surface area (TPSA) is 43.4 Å². The lowest BCUT2D eigenvalue weighted by molar-refractivity contribution is -0.109. The summed E-state index contributed by atoms with van der Waals surface area (Å²) in [7, 11) is 0. The summed E-state index contributed by atoms with van der Waals surface area (Å²) in [4.78, 5) is 22.5. The number of hydrogen-bond acceptors (Lipinski definition) is 4. The maximum atomic E-state index is 11.8. The predicted molar refractivity (Wildman–Crippen MR) is 81.6 cm³/mol. The van der Waals surface area contributed by atoms with Crippen LogP contribution < -0.4 is 0 Å². The number of hydrogen-bond donors (Lipinski definition) is 0. The van der Waals surface area contributed by atoms with Crippen LogP contribution in [0.25, 0.3) is 0 Å². The van der Waals surface area contributed by atoms with Crippen molar-refractivity contribution in [1.82, 2.24) is 0 Å². The first-order valence-corrected chi connectivity index (χ1v) is 7.22. The molecule has 0 aliphatic heterocycles. The molecule has 0 heterocycles.